The van der Waals surface area contributed by atoms with Gasteiger partial charge in [0.05, 0.1) is 18.4 Å². The third-order valence-corrected chi connectivity index (χ3v) is 2.20. The predicted molar refractivity (Wildman–Crippen MR) is 59.6 cm³/mol. The molecule has 0 amide bonds. The summed E-state index contributed by atoms with van der Waals surface area (Å²) >= 11 is 0. The molecule has 1 aromatic carbocycles. The molecule has 0 aliphatic heterocycles. The van der Waals surface area contributed by atoms with Gasteiger partial charge in [-0.3, -0.25) is 0 Å². The molecule has 0 aliphatic carbocycles. The molecule has 0 fully saturated rings. The van der Waals surface area contributed by atoms with Gasteiger partial charge in [0.15, 0.2) is 0 Å². The molecule has 0 aliphatic rings. The van der Waals surface area contributed by atoms with Crippen LogP contribution < -0.4 is 0 Å². The van der Waals surface area contributed by atoms with Crippen LogP contribution in [0.2, 0.25) is 0 Å². The topological polar surface area (TPSA) is 55.7 Å². The first kappa shape index (κ1) is 12.1. The van der Waals surface area contributed by atoms with E-state index in [1.54, 1.807) is 12.1 Å². The summed E-state index contributed by atoms with van der Waals surface area (Å²) in [4.78, 5) is 25.4. The minimum absolute atomic E-state index is 0.303. The van der Waals surface area contributed by atoms with E-state index in [-0.39, 0.29) is 0 Å². The lowest BCUT2D eigenvalue weighted by atomic mass is 10.0. The van der Waals surface area contributed by atoms with E-state index in [4.69, 9.17) is 0 Å². The Hall–Kier alpha value is -1.93. The molecule has 4 heteroatoms. The van der Waals surface area contributed by atoms with Gasteiger partial charge >= 0.3 is 5.97 Å². The summed E-state index contributed by atoms with van der Waals surface area (Å²) in [5, 5.41) is 0. The Labute approximate surface area is 94.0 Å². The second-order valence-corrected chi connectivity index (χ2v) is 3.26. The van der Waals surface area contributed by atoms with Gasteiger partial charge in [-0.15, -0.1) is 0 Å². The molecule has 16 heavy (non-hydrogen) atoms. The number of aliphatic imine (C=N–C) groups is 1. The number of esters is 1. The summed E-state index contributed by atoms with van der Waals surface area (Å²) < 4.78 is 4.63. The standard InChI is InChI=1S/C12H13NO3/c1-3-5-9-6-4-7-10(12(15)16-2)11(9)13-8-14/h4,6-7H,3,5H2,1-2H3. The highest BCUT2D eigenvalue weighted by molar-refractivity contribution is 5.96. The van der Waals surface area contributed by atoms with Crippen molar-refractivity contribution in [1.29, 1.82) is 0 Å². The first-order valence-electron chi connectivity index (χ1n) is 5.02. The van der Waals surface area contributed by atoms with Crippen LogP contribution in [-0.2, 0) is 16.0 Å². The fraction of sp³-hybridized carbons (Fsp3) is 0.333. The Balaban J connectivity index is 3.31. The molecule has 4 nitrogen and oxygen atoms in total. The molecule has 0 spiro atoms. The van der Waals surface area contributed by atoms with Crippen LogP contribution in [0.25, 0.3) is 0 Å². The maximum absolute atomic E-state index is 11.5. The molecular weight excluding hydrogens is 206 g/mol. The third kappa shape index (κ3) is 2.55. The molecule has 0 saturated carbocycles. The summed E-state index contributed by atoms with van der Waals surface area (Å²) in [6, 6.07) is 5.17. The molecule has 1 aromatic rings. The number of isocyanates is 1. The number of ether oxygens (including phenoxy) is 1. The first-order chi connectivity index (χ1) is 7.74. The van der Waals surface area contributed by atoms with Crippen molar-refractivity contribution in [3.8, 4) is 0 Å². The van der Waals surface area contributed by atoms with E-state index in [0.29, 0.717) is 11.3 Å². The molecule has 84 valence electrons. The minimum Gasteiger partial charge on any atom is -0.465 e. The Kier molecular flexibility index (Phi) is 4.42. The second kappa shape index (κ2) is 5.83. The molecule has 0 atom stereocenters. The Morgan fingerprint density at radius 1 is 1.50 bits per heavy atom. The Bertz CT molecular complexity index is 434. The van der Waals surface area contributed by atoms with Crippen LogP contribution in [0, 0.1) is 0 Å². The predicted octanol–water partition coefficient (Wildman–Crippen LogP) is 2.39. The number of methoxy groups -OCH3 is 1. The lowest BCUT2D eigenvalue weighted by molar-refractivity contribution is 0.0601. The quantitative estimate of drug-likeness (QED) is 0.444. The van der Waals surface area contributed by atoms with Crippen LogP contribution in [0.15, 0.2) is 23.2 Å². The zero-order valence-electron chi connectivity index (χ0n) is 9.32. The number of aryl methyl sites for hydroxylation is 1. The highest BCUT2D eigenvalue weighted by atomic mass is 16.5. The van der Waals surface area contributed by atoms with Gasteiger partial charge in [-0.2, -0.15) is 4.99 Å². The molecular formula is C12H13NO3. The van der Waals surface area contributed by atoms with E-state index >= 15 is 0 Å². The maximum Gasteiger partial charge on any atom is 0.340 e. The average molecular weight is 219 g/mol. The van der Waals surface area contributed by atoms with Gasteiger partial charge < -0.3 is 4.74 Å². The lowest BCUT2D eigenvalue weighted by Crippen LogP contribution is -2.03. The molecule has 0 aromatic heterocycles. The molecule has 0 radical (unpaired) electrons. The van der Waals surface area contributed by atoms with E-state index in [2.05, 4.69) is 9.73 Å². The van der Waals surface area contributed by atoms with Crippen LogP contribution in [0.4, 0.5) is 5.69 Å². The lowest BCUT2D eigenvalue weighted by Gasteiger charge is -2.07. The van der Waals surface area contributed by atoms with Crippen molar-refractivity contribution < 1.29 is 14.3 Å². The maximum atomic E-state index is 11.5. The van der Waals surface area contributed by atoms with Gasteiger partial charge in [0.2, 0.25) is 6.08 Å². The number of para-hydroxylation sites is 1. The van der Waals surface area contributed by atoms with Gasteiger partial charge in [-0.05, 0) is 18.1 Å². The number of nitrogens with zero attached hydrogens (tertiary/aromatic N) is 1. The third-order valence-electron chi connectivity index (χ3n) is 2.20. The van der Waals surface area contributed by atoms with Gasteiger partial charge in [0.25, 0.3) is 0 Å². The van der Waals surface area contributed by atoms with Gasteiger partial charge in [0, 0.05) is 0 Å². The minimum atomic E-state index is -0.494. The highest BCUT2D eigenvalue weighted by Crippen LogP contribution is 2.25. The Morgan fingerprint density at radius 3 is 2.81 bits per heavy atom. The van der Waals surface area contributed by atoms with E-state index < -0.39 is 5.97 Å². The molecule has 0 N–H and O–H groups in total. The van der Waals surface area contributed by atoms with E-state index in [1.807, 2.05) is 13.0 Å². The van der Waals surface area contributed by atoms with E-state index in [0.717, 1.165) is 18.4 Å². The fourth-order valence-electron chi connectivity index (χ4n) is 1.51. The van der Waals surface area contributed by atoms with Crippen molar-refractivity contribution in [2.75, 3.05) is 7.11 Å². The normalized spacial score (nSPS) is 9.38. The number of carbonyl (C=O) groups is 1. The number of carbonyl (C=O) groups excluding carboxylic acids is 2. The number of hydrogen-bond acceptors (Lipinski definition) is 4. The molecule has 0 unspecified atom stereocenters. The van der Waals surface area contributed by atoms with Crippen molar-refractivity contribution in [3.05, 3.63) is 29.3 Å². The van der Waals surface area contributed by atoms with Crippen LogP contribution in [0.5, 0.6) is 0 Å². The van der Waals surface area contributed by atoms with Crippen molar-refractivity contribution >= 4 is 17.7 Å². The highest BCUT2D eigenvalue weighted by Gasteiger charge is 2.14. The van der Waals surface area contributed by atoms with Crippen molar-refractivity contribution in [2.45, 2.75) is 19.8 Å². The molecule has 0 heterocycles. The molecule has 0 saturated heterocycles. The van der Waals surface area contributed by atoms with Gasteiger partial charge in [-0.25, -0.2) is 9.59 Å². The molecule has 0 bridgehead atoms. The zero-order chi connectivity index (χ0) is 12.0. The van der Waals surface area contributed by atoms with Gasteiger partial charge in [0.1, 0.15) is 0 Å². The van der Waals surface area contributed by atoms with E-state index in [1.165, 1.54) is 13.2 Å². The van der Waals surface area contributed by atoms with E-state index in [9.17, 15) is 9.59 Å². The number of benzene rings is 1. The van der Waals surface area contributed by atoms with Crippen LogP contribution >= 0.6 is 0 Å². The van der Waals surface area contributed by atoms with Crippen molar-refractivity contribution in [2.24, 2.45) is 4.99 Å². The zero-order valence-corrected chi connectivity index (χ0v) is 9.32. The SMILES string of the molecule is CCCc1cccc(C(=O)OC)c1N=C=O. The summed E-state index contributed by atoms with van der Waals surface area (Å²) in [6.45, 7) is 2.01. The molecule has 1 rings (SSSR count). The van der Waals surface area contributed by atoms with Crippen molar-refractivity contribution in [3.63, 3.8) is 0 Å². The van der Waals surface area contributed by atoms with Gasteiger partial charge in [-0.1, -0.05) is 25.5 Å². The van der Waals surface area contributed by atoms with Crippen LogP contribution in [0.1, 0.15) is 29.3 Å². The largest absolute Gasteiger partial charge is 0.465 e. The average Bonchev–Trinajstić information content (AvgIpc) is 2.31. The van der Waals surface area contributed by atoms with Crippen LogP contribution in [-0.4, -0.2) is 19.2 Å². The summed E-state index contributed by atoms with van der Waals surface area (Å²) in [6.07, 6.45) is 3.13. The second-order valence-electron chi connectivity index (χ2n) is 3.26. The smallest absolute Gasteiger partial charge is 0.340 e. The van der Waals surface area contributed by atoms with Crippen LogP contribution in [0.3, 0.4) is 0 Å². The summed E-state index contributed by atoms with van der Waals surface area (Å²) in [5.41, 5.74) is 1.52. The number of rotatable bonds is 4. The Morgan fingerprint density at radius 2 is 2.25 bits per heavy atom. The number of hydrogen-bond donors (Lipinski definition) is 0. The summed E-state index contributed by atoms with van der Waals surface area (Å²) in [5.74, 6) is -0.494. The van der Waals surface area contributed by atoms with Crippen molar-refractivity contribution in [1.82, 2.24) is 0 Å². The first-order valence-corrected chi connectivity index (χ1v) is 5.02. The summed E-state index contributed by atoms with van der Waals surface area (Å²) in [7, 11) is 1.29. The fourth-order valence-corrected chi connectivity index (χ4v) is 1.51. The monoisotopic (exact) mass is 219 g/mol.